The Morgan fingerprint density at radius 1 is 1.04 bits per heavy atom. The van der Waals surface area contributed by atoms with Crippen molar-refractivity contribution in [3.05, 3.63) is 59.5 Å². The first kappa shape index (κ1) is 14.5. The standard InChI is InChI=1S/C19H17FN2S/c20-15-7-5-14(6-8-15)18-12-23-19(22-18)17-11-21-10-9-16(17)13-3-1-2-4-13/h5-13H,1-4H2. The molecular weight excluding hydrogens is 307 g/mol. The van der Waals surface area contributed by atoms with Gasteiger partial charge in [0, 0.05) is 28.9 Å². The maximum absolute atomic E-state index is 13.1. The Labute approximate surface area is 139 Å². The van der Waals surface area contributed by atoms with Gasteiger partial charge in [-0.15, -0.1) is 11.3 Å². The maximum atomic E-state index is 13.1. The minimum Gasteiger partial charge on any atom is -0.264 e. The van der Waals surface area contributed by atoms with Crippen molar-refractivity contribution in [1.82, 2.24) is 9.97 Å². The number of hydrogen-bond acceptors (Lipinski definition) is 3. The highest BCUT2D eigenvalue weighted by Crippen LogP contribution is 2.40. The van der Waals surface area contributed by atoms with Crippen LogP contribution >= 0.6 is 11.3 Å². The predicted octanol–water partition coefficient (Wildman–Crippen LogP) is 5.67. The first-order valence-electron chi connectivity index (χ1n) is 7.97. The maximum Gasteiger partial charge on any atom is 0.125 e. The van der Waals surface area contributed by atoms with E-state index in [0.29, 0.717) is 5.92 Å². The summed E-state index contributed by atoms with van der Waals surface area (Å²) >= 11 is 1.63. The molecule has 0 aliphatic heterocycles. The Hall–Kier alpha value is -2.07. The molecule has 0 atom stereocenters. The molecule has 1 aliphatic carbocycles. The summed E-state index contributed by atoms with van der Waals surface area (Å²) in [6.07, 6.45) is 8.95. The zero-order valence-corrected chi connectivity index (χ0v) is 13.5. The van der Waals surface area contributed by atoms with E-state index in [2.05, 4.69) is 11.1 Å². The van der Waals surface area contributed by atoms with Crippen molar-refractivity contribution < 1.29 is 4.39 Å². The zero-order chi connectivity index (χ0) is 15.6. The van der Waals surface area contributed by atoms with E-state index in [4.69, 9.17) is 4.98 Å². The number of pyridine rings is 1. The third kappa shape index (κ3) is 2.91. The smallest absolute Gasteiger partial charge is 0.125 e. The second-order valence-corrected chi connectivity index (χ2v) is 6.85. The van der Waals surface area contributed by atoms with E-state index in [-0.39, 0.29) is 5.82 Å². The summed E-state index contributed by atoms with van der Waals surface area (Å²) in [6.45, 7) is 0. The Morgan fingerprint density at radius 3 is 2.61 bits per heavy atom. The van der Waals surface area contributed by atoms with Crippen LogP contribution < -0.4 is 0 Å². The molecule has 4 heteroatoms. The molecule has 0 bridgehead atoms. The molecular formula is C19H17FN2S. The Bertz CT molecular complexity index is 804. The topological polar surface area (TPSA) is 25.8 Å². The third-order valence-corrected chi connectivity index (χ3v) is 5.40. The quantitative estimate of drug-likeness (QED) is 0.620. The van der Waals surface area contributed by atoms with Gasteiger partial charge in [-0.25, -0.2) is 9.37 Å². The number of nitrogens with zero attached hydrogens (tertiary/aromatic N) is 2. The van der Waals surface area contributed by atoms with E-state index in [0.717, 1.165) is 21.8 Å². The lowest BCUT2D eigenvalue weighted by Gasteiger charge is -2.13. The SMILES string of the molecule is Fc1ccc(-c2csc(-c3cnccc3C3CCCC3)n2)cc1. The highest BCUT2D eigenvalue weighted by atomic mass is 32.1. The number of benzene rings is 1. The second kappa shape index (κ2) is 6.20. The average Bonchev–Trinajstić information content (AvgIpc) is 3.27. The van der Waals surface area contributed by atoms with Crippen LogP contribution in [0.2, 0.25) is 0 Å². The lowest BCUT2D eigenvalue weighted by molar-refractivity contribution is 0.628. The first-order valence-corrected chi connectivity index (χ1v) is 8.85. The molecule has 0 N–H and O–H groups in total. The molecule has 2 heterocycles. The van der Waals surface area contributed by atoms with Gasteiger partial charge in [0.05, 0.1) is 5.69 Å². The van der Waals surface area contributed by atoms with Crippen LogP contribution in [0.4, 0.5) is 4.39 Å². The number of thiazole rings is 1. The van der Waals surface area contributed by atoms with Crippen LogP contribution in [0.25, 0.3) is 21.8 Å². The monoisotopic (exact) mass is 324 g/mol. The van der Waals surface area contributed by atoms with Gasteiger partial charge in [0.2, 0.25) is 0 Å². The third-order valence-electron chi connectivity index (χ3n) is 4.52. The molecule has 0 amide bonds. The van der Waals surface area contributed by atoms with Gasteiger partial charge < -0.3 is 0 Å². The second-order valence-electron chi connectivity index (χ2n) is 5.99. The summed E-state index contributed by atoms with van der Waals surface area (Å²) in [5.41, 5.74) is 4.36. The highest BCUT2D eigenvalue weighted by Gasteiger charge is 2.21. The summed E-state index contributed by atoms with van der Waals surface area (Å²) in [5, 5.41) is 3.04. The van der Waals surface area contributed by atoms with Gasteiger partial charge in [0.15, 0.2) is 0 Å². The van der Waals surface area contributed by atoms with E-state index >= 15 is 0 Å². The summed E-state index contributed by atoms with van der Waals surface area (Å²) in [5.74, 6) is 0.408. The summed E-state index contributed by atoms with van der Waals surface area (Å²) in [6, 6.07) is 8.64. The fourth-order valence-electron chi connectivity index (χ4n) is 3.33. The Balaban J connectivity index is 1.70. The highest BCUT2D eigenvalue weighted by molar-refractivity contribution is 7.13. The van der Waals surface area contributed by atoms with Crippen molar-refractivity contribution in [3.63, 3.8) is 0 Å². The molecule has 1 aromatic carbocycles. The fourth-order valence-corrected chi connectivity index (χ4v) is 4.19. The van der Waals surface area contributed by atoms with Crippen molar-refractivity contribution in [1.29, 1.82) is 0 Å². The van der Waals surface area contributed by atoms with Gasteiger partial charge in [0.1, 0.15) is 10.8 Å². The lowest BCUT2D eigenvalue weighted by Crippen LogP contribution is -1.96. The summed E-state index contributed by atoms with van der Waals surface area (Å²) in [4.78, 5) is 9.07. The molecule has 1 aliphatic rings. The molecule has 1 saturated carbocycles. The van der Waals surface area contributed by atoms with E-state index < -0.39 is 0 Å². The Morgan fingerprint density at radius 2 is 1.83 bits per heavy atom. The first-order chi connectivity index (χ1) is 11.3. The molecule has 23 heavy (non-hydrogen) atoms. The molecule has 0 radical (unpaired) electrons. The predicted molar refractivity (Wildman–Crippen MR) is 91.9 cm³/mol. The molecule has 2 nitrogen and oxygen atoms in total. The van der Waals surface area contributed by atoms with Crippen LogP contribution in [0.1, 0.15) is 37.2 Å². The number of aromatic nitrogens is 2. The van der Waals surface area contributed by atoms with Gasteiger partial charge in [0.25, 0.3) is 0 Å². The molecule has 0 saturated heterocycles. The molecule has 3 aromatic rings. The van der Waals surface area contributed by atoms with Crippen molar-refractivity contribution in [2.75, 3.05) is 0 Å². The van der Waals surface area contributed by atoms with E-state index in [1.165, 1.54) is 43.4 Å². The number of halogens is 1. The largest absolute Gasteiger partial charge is 0.264 e. The lowest BCUT2D eigenvalue weighted by atomic mass is 9.95. The fraction of sp³-hybridized carbons (Fsp3) is 0.263. The van der Waals surface area contributed by atoms with E-state index in [1.807, 2.05) is 17.8 Å². The van der Waals surface area contributed by atoms with Crippen LogP contribution in [0.5, 0.6) is 0 Å². The molecule has 4 rings (SSSR count). The van der Waals surface area contributed by atoms with Crippen molar-refractivity contribution in [2.24, 2.45) is 0 Å². The number of hydrogen-bond donors (Lipinski definition) is 0. The van der Waals surface area contributed by atoms with Crippen molar-refractivity contribution in [2.45, 2.75) is 31.6 Å². The summed E-state index contributed by atoms with van der Waals surface area (Å²) < 4.78 is 13.1. The molecule has 0 spiro atoms. The van der Waals surface area contributed by atoms with Gasteiger partial charge in [-0.3, -0.25) is 4.98 Å². The van der Waals surface area contributed by atoms with Gasteiger partial charge in [-0.2, -0.15) is 0 Å². The van der Waals surface area contributed by atoms with E-state index in [1.54, 1.807) is 23.5 Å². The number of rotatable bonds is 3. The van der Waals surface area contributed by atoms with Crippen LogP contribution in [0, 0.1) is 5.82 Å². The molecule has 116 valence electrons. The molecule has 2 aromatic heterocycles. The van der Waals surface area contributed by atoms with Crippen LogP contribution in [0.15, 0.2) is 48.1 Å². The van der Waals surface area contributed by atoms with Gasteiger partial charge in [-0.05, 0) is 54.7 Å². The minimum atomic E-state index is -0.222. The van der Waals surface area contributed by atoms with Gasteiger partial charge in [-0.1, -0.05) is 12.8 Å². The average molecular weight is 324 g/mol. The zero-order valence-electron chi connectivity index (χ0n) is 12.7. The normalized spacial score (nSPS) is 15.2. The molecule has 1 fully saturated rings. The van der Waals surface area contributed by atoms with Crippen LogP contribution in [0.3, 0.4) is 0 Å². The van der Waals surface area contributed by atoms with Crippen molar-refractivity contribution in [3.8, 4) is 21.8 Å². The van der Waals surface area contributed by atoms with Crippen molar-refractivity contribution >= 4 is 11.3 Å². The minimum absolute atomic E-state index is 0.222. The van der Waals surface area contributed by atoms with Crippen LogP contribution in [-0.4, -0.2) is 9.97 Å². The van der Waals surface area contributed by atoms with Crippen LogP contribution in [-0.2, 0) is 0 Å². The molecule has 0 unspecified atom stereocenters. The van der Waals surface area contributed by atoms with Gasteiger partial charge >= 0.3 is 0 Å². The van der Waals surface area contributed by atoms with E-state index in [9.17, 15) is 4.39 Å². The summed E-state index contributed by atoms with van der Waals surface area (Å²) in [7, 11) is 0. The Kier molecular flexibility index (Phi) is 3.92.